The summed E-state index contributed by atoms with van der Waals surface area (Å²) in [7, 11) is 0. The van der Waals surface area contributed by atoms with E-state index in [0.29, 0.717) is 35.4 Å². The van der Waals surface area contributed by atoms with Crippen molar-refractivity contribution in [3.8, 4) is 0 Å². The third kappa shape index (κ3) is 3.38. The van der Waals surface area contributed by atoms with Gasteiger partial charge in [0.2, 0.25) is 5.89 Å². The van der Waals surface area contributed by atoms with Crippen molar-refractivity contribution in [3.63, 3.8) is 0 Å². The first kappa shape index (κ1) is 16.0. The number of hydrogen-bond acceptors (Lipinski definition) is 5. The Hall–Kier alpha value is -1.92. The SMILES string of the molecule is Cc1nc(C2CCN(C(=O)[C@@H](O)c3ccccc3Cl)CC2)no1. The van der Waals surface area contributed by atoms with Crippen LogP contribution in [-0.2, 0) is 4.79 Å². The Labute approximate surface area is 139 Å². The molecule has 1 atom stereocenters. The Morgan fingerprint density at radius 2 is 2.09 bits per heavy atom. The van der Waals surface area contributed by atoms with Crippen molar-refractivity contribution in [1.82, 2.24) is 15.0 Å². The number of aliphatic hydroxyl groups excluding tert-OH is 1. The number of aliphatic hydroxyl groups is 1. The van der Waals surface area contributed by atoms with Crippen molar-refractivity contribution in [2.75, 3.05) is 13.1 Å². The van der Waals surface area contributed by atoms with E-state index in [9.17, 15) is 9.90 Å². The fourth-order valence-electron chi connectivity index (χ4n) is 2.84. The van der Waals surface area contributed by atoms with Gasteiger partial charge in [-0.25, -0.2) is 0 Å². The summed E-state index contributed by atoms with van der Waals surface area (Å²) < 4.78 is 5.00. The maximum absolute atomic E-state index is 12.5. The molecule has 6 nitrogen and oxygen atoms in total. The average molecular weight is 336 g/mol. The predicted octanol–water partition coefficient (Wildman–Crippen LogP) is 2.47. The summed E-state index contributed by atoms with van der Waals surface area (Å²) >= 11 is 6.05. The van der Waals surface area contributed by atoms with Crippen molar-refractivity contribution in [3.05, 3.63) is 46.6 Å². The van der Waals surface area contributed by atoms with Gasteiger partial charge in [-0.05, 0) is 18.9 Å². The number of carbonyl (C=O) groups is 1. The Balaban J connectivity index is 1.63. The van der Waals surface area contributed by atoms with E-state index in [1.54, 1.807) is 36.1 Å². The van der Waals surface area contributed by atoms with Crippen LogP contribution in [0.15, 0.2) is 28.8 Å². The van der Waals surface area contributed by atoms with Gasteiger partial charge in [0.05, 0.1) is 0 Å². The Kier molecular flexibility index (Phi) is 4.63. The number of benzene rings is 1. The molecular formula is C16H18ClN3O3. The Morgan fingerprint density at radius 3 is 2.70 bits per heavy atom. The summed E-state index contributed by atoms with van der Waals surface area (Å²) in [5.41, 5.74) is 0.440. The maximum atomic E-state index is 12.5. The van der Waals surface area contributed by atoms with Crippen LogP contribution in [-0.4, -0.2) is 39.1 Å². The molecular weight excluding hydrogens is 318 g/mol. The topological polar surface area (TPSA) is 79.5 Å². The van der Waals surface area contributed by atoms with Crippen LogP contribution < -0.4 is 0 Å². The zero-order valence-electron chi connectivity index (χ0n) is 12.8. The van der Waals surface area contributed by atoms with Crippen LogP contribution >= 0.6 is 11.6 Å². The highest BCUT2D eigenvalue weighted by Crippen LogP contribution is 2.29. The molecule has 0 spiro atoms. The van der Waals surface area contributed by atoms with Crippen molar-refractivity contribution in [1.29, 1.82) is 0 Å². The second kappa shape index (κ2) is 6.68. The summed E-state index contributed by atoms with van der Waals surface area (Å²) in [6.45, 7) is 2.87. The molecule has 23 heavy (non-hydrogen) atoms. The van der Waals surface area contributed by atoms with Crippen molar-refractivity contribution in [2.45, 2.75) is 31.8 Å². The quantitative estimate of drug-likeness (QED) is 0.932. The number of nitrogens with zero attached hydrogens (tertiary/aromatic N) is 3. The minimum Gasteiger partial charge on any atom is -0.378 e. The number of likely N-dealkylation sites (tertiary alicyclic amines) is 1. The monoisotopic (exact) mass is 335 g/mol. The molecule has 1 fully saturated rings. The molecule has 1 aliphatic rings. The summed E-state index contributed by atoms with van der Waals surface area (Å²) in [6.07, 6.45) is 0.271. The highest BCUT2D eigenvalue weighted by atomic mass is 35.5. The number of rotatable bonds is 3. The molecule has 1 aromatic carbocycles. The largest absolute Gasteiger partial charge is 0.378 e. The Bertz CT molecular complexity index is 695. The van der Waals surface area contributed by atoms with Crippen molar-refractivity contribution >= 4 is 17.5 Å². The standard InChI is InChI=1S/C16H18ClN3O3/c1-10-18-15(19-23-10)11-6-8-20(9-7-11)16(22)14(21)12-4-2-3-5-13(12)17/h2-5,11,14,21H,6-9H2,1H3/t14-/m0/s1. The molecule has 2 aromatic rings. The average Bonchev–Trinajstić information content (AvgIpc) is 3.01. The van der Waals surface area contributed by atoms with Crippen LogP contribution in [0.25, 0.3) is 0 Å². The van der Waals surface area contributed by atoms with Gasteiger partial charge in [0, 0.05) is 36.5 Å². The van der Waals surface area contributed by atoms with Gasteiger partial charge < -0.3 is 14.5 Å². The fourth-order valence-corrected chi connectivity index (χ4v) is 3.08. The molecule has 122 valence electrons. The minimum atomic E-state index is -1.23. The molecule has 7 heteroatoms. The number of halogens is 1. The van der Waals surface area contributed by atoms with E-state index in [1.807, 2.05) is 0 Å². The summed E-state index contributed by atoms with van der Waals surface area (Å²) in [5, 5.41) is 14.6. The molecule has 1 saturated heterocycles. The van der Waals surface area contributed by atoms with E-state index in [0.717, 1.165) is 12.8 Å². The molecule has 0 radical (unpaired) electrons. The molecule has 1 aromatic heterocycles. The first-order valence-electron chi connectivity index (χ1n) is 7.57. The number of amides is 1. The summed E-state index contributed by atoms with van der Waals surface area (Å²) in [6, 6.07) is 6.85. The van der Waals surface area contributed by atoms with Crippen LogP contribution in [0.2, 0.25) is 5.02 Å². The zero-order valence-corrected chi connectivity index (χ0v) is 13.5. The molecule has 0 unspecified atom stereocenters. The van der Waals surface area contributed by atoms with E-state index in [-0.39, 0.29) is 11.8 Å². The number of aryl methyl sites for hydroxylation is 1. The molecule has 1 N–H and O–H groups in total. The summed E-state index contributed by atoms with van der Waals surface area (Å²) in [4.78, 5) is 18.4. The lowest BCUT2D eigenvalue weighted by atomic mass is 9.95. The van der Waals surface area contributed by atoms with E-state index in [4.69, 9.17) is 16.1 Å². The van der Waals surface area contributed by atoms with E-state index < -0.39 is 6.10 Å². The fraction of sp³-hybridized carbons (Fsp3) is 0.438. The first-order chi connectivity index (χ1) is 11.1. The third-order valence-corrected chi connectivity index (χ3v) is 4.49. The van der Waals surface area contributed by atoms with Crippen molar-refractivity contribution < 1.29 is 14.4 Å². The molecule has 0 aliphatic carbocycles. The lowest BCUT2D eigenvalue weighted by Crippen LogP contribution is -2.40. The first-order valence-corrected chi connectivity index (χ1v) is 7.95. The molecule has 2 heterocycles. The van der Waals surface area contributed by atoms with Crippen LogP contribution in [0, 0.1) is 6.92 Å². The second-order valence-corrected chi connectivity index (χ2v) is 6.10. The van der Waals surface area contributed by atoms with Gasteiger partial charge in [-0.1, -0.05) is 35.0 Å². The van der Waals surface area contributed by atoms with Crippen LogP contribution in [0.3, 0.4) is 0 Å². The molecule has 1 aliphatic heterocycles. The van der Waals surface area contributed by atoms with Crippen LogP contribution in [0.1, 0.15) is 42.1 Å². The second-order valence-electron chi connectivity index (χ2n) is 5.70. The van der Waals surface area contributed by atoms with Gasteiger partial charge in [0.25, 0.3) is 5.91 Å². The number of aromatic nitrogens is 2. The normalized spacial score (nSPS) is 17.3. The smallest absolute Gasteiger partial charge is 0.256 e. The van der Waals surface area contributed by atoms with Gasteiger partial charge in [-0.15, -0.1) is 0 Å². The van der Waals surface area contributed by atoms with Crippen molar-refractivity contribution in [2.24, 2.45) is 0 Å². The van der Waals surface area contributed by atoms with E-state index in [2.05, 4.69) is 10.1 Å². The molecule has 0 bridgehead atoms. The van der Waals surface area contributed by atoms with Gasteiger partial charge >= 0.3 is 0 Å². The molecule has 0 saturated carbocycles. The lowest BCUT2D eigenvalue weighted by Gasteiger charge is -2.32. The number of carbonyl (C=O) groups excluding carboxylic acids is 1. The number of piperidine rings is 1. The third-order valence-electron chi connectivity index (χ3n) is 4.15. The maximum Gasteiger partial charge on any atom is 0.256 e. The number of hydrogen-bond donors (Lipinski definition) is 1. The highest BCUT2D eigenvalue weighted by Gasteiger charge is 2.30. The summed E-state index contributed by atoms with van der Waals surface area (Å²) in [5.74, 6) is 1.11. The predicted molar refractivity (Wildman–Crippen MR) is 84.0 cm³/mol. The van der Waals surface area contributed by atoms with E-state index >= 15 is 0 Å². The lowest BCUT2D eigenvalue weighted by molar-refractivity contribution is -0.141. The Morgan fingerprint density at radius 1 is 1.39 bits per heavy atom. The van der Waals surface area contributed by atoms with Gasteiger partial charge in [-0.3, -0.25) is 4.79 Å². The van der Waals surface area contributed by atoms with Gasteiger partial charge in [-0.2, -0.15) is 4.98 Å². The zero-order chi connectivity index (χ0) is 16.4. The van der Waals surface area contributed by atoms with Crippen LogP contribution in [0.5, 0.6) is 0 Å². The molecule has 1 amide bonds. The minimum absolute atomic E-state index is 0.189. The van der Waals surface area contributed by atoms with Gasteiger partial charge in [0.1, 0.15) is 0 Å². The molecule has 3 rings (SSSR count). The van der Waals surface area contributed by atoms with Gasteiger partial charge in [0.15, 0.2) is 11.9 Å². The van der Waals surface area contributed by atoms with E-state index in [1.165, 1.54) is 0 Å². The van der Waals surface area contributed by atoms with Crippen LogP contribution in [0.4, 0.5) is 0 Å². The highest BCUT2D eigenvalue weighted by molar-refractivity contribution is 6.31.